The summed E-state index contributed by atoms with van der Waals surface area (Å²) in [4.78, 5) is 37.5. The van der Waals surface area contributed by atoms with Crippen LogP contribution in [-0.2, 0) is 20.5 Å². The molecular weight excluding hydrogens is 415 g/mol. The van der Waals surface area contributed by atoms with Crippen LogP contribution in [0.5, 0.6) is 0 Å². The first kappa shape index (κ1) is 24.2. The molecule has 1 saturated heterocycles. The molecule has 0 aromatic heterocycles. The highest BCUT2D eigenvalue weighted by molar-refractivity contribution is 5.94. The Morgan fingerprint density at radius 2 is 1.81 bits per heavy atom. The molecule has 0 bridgehead atoms. The van der Waals surface area contributed by atoms with Crippen molar-refractivity contribution in [2.24, 2.45) is 0 Å². The highest BCUT2D eigenvalue weighted by Gasteiger charge is 2.30. The van der Waals surface area contributed by atoms with Gasteiger partial charge in [0, 0.05) is 19.2 Å². The summed E-state index contributed by atoms with van der Waals surface area (Å²) in [7, 11) is 0. The summed E-state index contributed by atoms with van der Waals surface area (Å²) in [5, 5.41) is 5.16. The average molecular weight is 441 g/mol. The largest absolute Gasteiger partial charge is 0.444 e. The van der Waals surface area contributed by atoms with E-state index in [1.165, 1.54) is 23.1 Å². The number of carbonyl (C=O) groups is 3. The standard InChI is InChI=1S/C21H26F3N3O4/c1-20(2,3)31-19(30)26-16-10-11-27(13-16)18(29)12-25-17(28)9-6-14-4-7-15(8-5-14)21(22,23)24/h4-9,16H,10-13H2,1-3H3,(H,25,28)(H,26,30)/b9-6+/t16-/m0/s1. The van der Waals surface area contributed by atoms with E-state index in [4.69, 9.17) is 4.74 Å². The van der Waals surface area contributed by atoms with Crippen molar-refractivity contribution in [3.8, 4) is 0 Å². The molecule has 0 unspecified atom stereocenters. The molecule has 2 rings (SSSR count). The fraction of sp³-hybridized carbons (Fsp3) is 0.476. The fourth-order valence-corrected chi connectivity index (χ4v) is 2.87. The third kappa shape index (κ3) is 8.31. The van der Waals surface area contributed by atoms with Crippen molar-refractivity contribution in [3.63, 3.8) is 0 Å². The number of ether oxygens (including phenoxy) is 1. The Morgan fingerprint density at radius 1 is 1.16 bits per heavy atom. The molecule has 10 heteroatoms. The lowest BCUT2D eigenvalue weighted by Crippen LogP contribution is -2.43. The summed E-state index contributed by atoms with van der Waals surface area (Å²) >= 11 is 0. The first-order valence-corrected chi connectivity index (χ1v) is 9.74. The number of halogens is 3. The molecule has 1 heterocycles. The average Bonchev–Trinajstić information content (AvgIpc) is 3.10. The van der Waals surface area contributed by atoms with Crippen LogP contribution < -0.4 is 10.6 Å². The maximum Gasteiger partial charge on any atom is 0.416 e. The van der Waals surface area contributed by atoms with Crippen molar-refractivity contribution in [2.45, 2.75) is 45.0 Å². The zero-order valence-corrected chi connectivity index (χ0v) is 17.6. The first-order valence-electron chi connectivity index (χ1n) is 9.74. The van der Waals surface area contributed by atoms with Crippen LogP contribution in [0.4, 0.5) is 18.0 Å². The van der Waals surface area contributed by atoms with Crippen LogP contribution in [0.2, 0.25) is 0 Å². The summed E-state index contributed by atoms with van der Waals surface area (Å²) < 4.78 is 42.8. The van der Waals surface area contributed by atoms with Gasteiger partial charge in [-0.1, -0.05) is 12.1 Å². The topological polar surface area (TPSA) is 87.7 Å². The van der Waals surface area contributed by atoms with Gasteiger partial charge in [-0.25, -0.2) is 4.79 Å². The molecule has 0 aliphatic carbocycles. The van der Waals surface area contributed by atoms with Crippen LogP contribution >= 0.6 is 0 Å². The van der Waals surface area contributed by atoms with Gasteiger partial charge < -0.3 is 20.3 Å². The highest BCUT2D eigenvalue weighted by Crippen LogP contribution is 2.29. The lowest BCUT2D eigenvalue weighted by Gasteiger charge is -2.22. The Balaban J connectivity index is 1.75. The van der Waals surface area contributed by atoms with Crippen molar-refractivity contribution >= 4 is 24.0 Å². The van der Waals surface area contributed by atoms with Gasteiger partial charge in [-0.15, -0.1) is 0 Å². The first-order chi connectivity index (χ1) is 14.3. The molecule has 7 nitrogen and oxygen atoms in total. The van der Waals surface area contributed by atoms with Crippen molar-refractivity contribution in [1.29, 1.82) is 0 Å². The van der Waals surface area contributed by atoms with Crippen molar-refractivity contribution < 1.29 is 32.3 Å². The number of nitrogens with zero attached hydrogens (tertiary/aromatic N) is 1. The summed E-state index contributed by atoms with van der Waals surface area (Å²) in [5.74, 6) is -0.847. The highest BCUT2D eigenvalue weighted by atomic mass is 19.4. The van der Waals surface area contributed by atoms with Gasteiger partial charge in [0.2, 0.25) is 11.8 Å². The van der Waals surface area contributed by atoms with Crippen molar-refractivity contribution in [1.82, 2.24) is 15.5 Å². The van der Waals surface area contributed by atoms with Crippen LogP contribution in [-0.4, -0.2) is 54.1 Å². The second-order valence-electron chi connectivity index (χ2n) is 8.14. The SMILES string of the molecule is CC(C)(C)OC(=O)N[C@H]1CCN(C(=O)CNC(=O)/C=C/c2ccc(C(F)(F)F)cc2)C1. The molecule has 1 atom stereocenters. The molecule has 1 aliphatic rings. The lowest BCUT2D eigenvalue weighted by atomic mass is 10.1. The number of carbonyl (C=O) groups excluding carboxylic acids is 3. The number of amides is 3. The quantitative estimate of drug-likeness (QED) is 0.688. The molecule has 3 amide bonds. The second-order valence-corrected chi connectivity index (χ2v) is 8.14. The summed E-state index contributed by atoms with van der Waals surface area (Å²) in [6, 6.07) is 4.13. The van der Waals surface area contributed by atoms with Crippen LogP contribution in [0.1, 0.15) is 38.3 Å². The fourth-order valence-electron chi connectivity index (χ4n) is 2.87. The summed E-state index contributed by atoms with van der Waals surface area (Å²) in [6.07, 6.45) is -1.89. The maximum absolute atomic E-state index is 12.5. The van der Waals surface area contributed by atoms with E-state index in [2.05, 4.69) is 10.6 Å². The Morgan fingerprint density at radius 3 is 2.39 bits per heavy atom. The molecule has 1 aliphatic heterocycles. The van der Waals surface area contributed by atoms with E-state index in [0.29, 0.717) is 25.1 Å². The van der Waals surface area contributed by atoms with Gasteiger partial charge >= 0.3 is 12.3 Å². The number of hydrogen-bond acceptors (Lipinski definition) is 4. The van der Waals surface area contributed by atoms with E-state index in [1.807, 2.05) is 0 Å². The molecular formula is C21H26F3N3O4. The van der Waals surface area contributed by atoms with Crippen LogP contribution in [0, 0.1) is 0 Å². The van der Waals surface area contributed by atoms with Gasteiger partial charge in [-0.05, 0) is 51.0 Å². The number of benzene rings is 1. The maximum atomic E-state index is 12.5. The minimum Gasteiger partial charge on any atom is -0.444 e. The van der Waals surface area contributed by atoms with E-state index in [0.717, 1.165) is 18.2 Å². The minimum atomic E-state index is -4.42. The van der Waals surface area contributed by atoms with Gasteiger partial charge in [-0.2, -0.15) is 13.2 Å². The van der Waals surface area contributed by atoms with Gasteiger partial charge in [0.15, 0.2) is 0 Å². The van der Waals surface area contributed by atoms with E-state index in [-0.39, 0.29) is 18.5 Å². The Kier molecular flexibility index (Phi) is 7.70. The van der Waals surface area contributed by atoms with Crippen LogP contribution in [0.3, 0.4) is 0 Å². The molecule has 0 spiro atoms. The zero-order chi connectivity index (χ0) is 23.2. The number of hydrogen-bond donors (Lipinski definition) is 2. The smallest absolute Gasteiger partial charge is 0.416 e. The molecule has 31 heavy (non-hydrogen) atoms. The Labute approximate surface area is 178 Å². The van der Waals surface area contributed by atoms with E-state index in [9.17, 15) is 27.6 Å². The summed E-state index contributed by atoms with van der Waals surface area (Å²) in [6.45, 7) is 5.80. The number of nitrogens with one attached hydrogen (secondary N) is 2. The zero-order valence-electron chi connectivity index (χ0n) is 17.6. The van der Waals surface area contributed by atoms with Gasteiger partial charge in [-0.3, -0.25) is 9.59 Å². The molecule has 0 saturated carbocycles. The van der Waals surface area contributed by atoms with Gasteiger partial charge in [0.25, 0.3) is 0 Å². The molecule has 1 fully saturated rings. The number of rotatable bonds is 5. The predicted molar refractivity (Wildman–Crippen MR) is 108 cm³/mol. The minimum absolute atomic E-state index is 0.227. The lowest BCUT2D eigenvalue weighted by molar-refractivity contribution is -0.137. The third-order valence-corrected chi connectivity index (χ3v) is 4.34. The predicted octanol–water partition coefficient (Wildman–Crippen LogP) is 2.96. The molecule has 1 aromatic carbocycles. The number of alkyl halides is 3. The molecule has 0 radical (unpaired) electrons. The van der Waals surface area contributed by atoms with Crippen LogP contribution in [0.25, 0.3) is 6.08 Å². The molecule has 2 N–H and O–H groups in total. The van der Waals surface area contributed by atoms with E-state index < -0.39 is 29.3 Å². The van der Waals surface area contributed by atoms with Gasteiger partial charge in [0.1, 0.15) is 5.60 Å². The Bertz CT molecular complexity index is 830. The number of likely N-dealkylation sites (tertiary alicyclic amines) is 1. The molecule has 1 aromatic rings. The number of alkyl carbamates (subject to hydrolysis) is 1. The van der Waals surface area contributed by atoms with E-state index in [1.54, 1.807) is 20.8 Å². The molecule has 170 valence electrons. The normalized spacial score (nSPS) is 17.0. The third-order valence-electron chi connectivity index (χ3n) is 4.34. The van der Waals surface area contributed by atoms with Crippen molar-refractivity contribution in [3.05, 3.63) is 41.5 Å². The van der Waals surface area contributed by atoms with Gasteiger partial charge in [0.05, 0.1) is 18.2 Å². The summed E-state index contributed by atoms with van der Waals surface area (Å²) in [5.41, 5.74) is -0.967. The van der Waals surface area contributed by atoms with E-state index >= 15 is 0 Å². The van der Waals surface area contributed by atoms with Crippen molar-refractivity contribution in [2.75, 3.05) is 19.6 Å². The Hall–Kier alpha value is -3.04. The second kappa shape index (κ2) is 9.84. The van der Waals surface area contributed by atoms with Crippen LogP contribution in [0.15, 0.2) is 30.3 Å². The monoisotopic (exact) mass is 441 g/mol.